The highest BCUT2D eigenvalue weighted by molar-refractivity contribution is 7.89. The summed E-state index contributed by atoms with van der Waals surface area (Å²) in [6.07, 6.45) is 6.41. The number of hydrogen-bond donors (Lipinski definition) is 1. The minimum Gasteiger partial charge on any atom is -0.443 e. The normalized spacial score (nSPS) is 18.4. The predicted molar refractivity (Wildman–Crippen MR) is 149 cm³/mol. The third kappa shape index (κ3) is 6.53. The molecule has 1 fully saturated rings. The van der Waals surface area contributed by atoms with E-state index in [4.69, 9.17) is 4.74 Å². The SMILES string of the molecule is CCCS(=O)(=O)NC1CC(N(C)c2ncnc3c2ccn3COC(=O)[C@@H](C)c2ccc(CC(C)C)cc2)C1. The highest BCUT2D eigenvalue weighted by atomic mass is 32.2. The number of anilines is 1. The fourth-order valence-corrected chi connectivity index (χ4v) is 6.29. The number of hydrogen-bond acceptors (Lipinski definition) is 7. The van der Waals surface area contributed by atoms with Gasteiger partial charge in [0, 0.05) is 25.3 Å². The zero-order valence-electron chi connectivity index (χ0n) is 22.9. The topological polar surface area (TPSA) is 106 Å². The van der Waals surface area contributed by atoms with Crippen molar-refractivity contribution >= 4 is 32.8 Å². The molecule has 1 aromatic carbocycles. The van der Waals surface area contributed by atoms with Gasteiger partial charge in [0.05, 0.1) is 17.1 Å². The van der Waals surface area contributed by atoms with Gasteiger partial charge in [-0.1, -0.05) is 45.0 Å². The zero-order chi connectivity index (χ0) is 27.4. The first-order valence-electron chi connectivity index (χ1n) is 13.4. The summed E-state index contributed by atoms with van der Waals surface area (Å²) in [5.74, 6) is 0.844. The molecule has 2 aromatic heterocycles. The Labute approximate surface area is 225 Å². The van der Waals surface area contributed by atoms with Crippen LogP contribution in [0.2, 0.25) is 0 Å². The second-order valence-corrected chi connectivity index (χ2v) is 12.6. The molecule has 0 bridgehead atoms. The van der Waals surface area contributed by atoms with Crippen LogP contribution in [0.1, 0.15) is 64.0 Å². The van der Waals surface area contributed by atoms with Crippen LogP contribution in [0.5, 0.6) is 0 Å². The molecule has 4 rings (SSSR count). The fourth-order valence-electron chi connectivity index (χ4n) is 4.94. The largest absolute Gasteiger partial charge is 0.443 e. The second kappa shape index (κ2) is 11.8. The van der Waals surface area contributed by atoms with Crippen LogP contribution in [0, 0.1) is 5.92 Å². The fraction of sp³-hybridized carbons (Fsp3) is 0.536. The predicted octanol–water partition coefficient (Wildman–Crippen LogP) is 4.23. The van der Waals surface area contributed by atoms with Gasteiger partial charge in [0.25, 0.3) is 0 Å². The second-order valence-electron chi connectivity index (χ2n) is 10.7. The average molecular weight is 542 g/mol. The van der Waals surface area contributed by atoms with Crippen LogP contribution in [0.15, 0.2) is 42.9 Å². The number of esters is 1. The molecule has 0 unspecified atom stereocenters. The first-order valence-corrected chi connectivity index (χ1v) is 15.0. The van der Waals surface area contributed by atoms with E-state index in [1.807, 2.05) is 45.3 Å². The molecule has 0 amide bonds. The maximum atomic E-state index is 12.8. The van der Waals surface area contributed by atoms with Crippen molar-refractivity contribution in [2.45, 2.75) is 78.1 Å². The van der Waals surface area contributed by atoms with Crippen molar-refractivity contribution in [1.29, 1.82) is 0 Å². The number of nitrogens with zero attached hydrogens (tertiary/aromatic N) is 4. The van der Waals surface area contributed by atoms with Crippen molar-refractivity contribution in [3.8, 4) is 0 Å². The van der Waals surface area contributed by atoms with Gasteiger partial charge in [-0.25, -0.2) is 23.1 Å². The van der Waals surface area contributed by atoms with Gasteiger partial charge >= 0.3 is 5.97 Å². The Morgan fingerprint density at radius 2 is 1.87 bits per heavy atom. The summed E-state index contributed by atoms with van der Waals surface area (Å²) >= 11 is 0. The Hall–Kier alpha value is -2.98. The van der Waals surface area contributed by atoms with E-state index in [0.717, 1.165) is 36.0 Å². The van der Waals surface area contributed by atoms with Gasteiger partial charge in [-0.05, 0) is 55.7 Å². The van der Waals surface area contributed by atoms with Gasteiger partial charge in [0.2, 0.25) is 10.0 Å². The van der Waals surface area contributed by atoms with Crippen LogP contribution in [0.4, 0.5) is 5.82 Å². The van der Waals surface area contributed by atoms with Gasteiger partial charge in [0.1, 0.15) is 17.8 Å². The number of sulfonamides is 1. The third-order valence-corrected chi connectivity index (χ3v) is 8.81. The Bertz CT molecular complexity index is 1350. The number of fused-ring (bicyclic) bond motifs is 1. The van der Waals surface area contributed by atoms with Crippen molar-refractivity contribution in [2.24, 2.45) is 5.92 Å². The molecule has 0 aliphatic heterocycles. The minimum absolute atomic E-state index is 0.0475. The summed E-state index contributed by atoms with van der Waals surface area (Å²) in [5.41, 5.74) is 2.88. The van der Waals surface area contributed by atoms with E-state index in [9.17, 15) is 13.2 Å². The van der Waals surface area contributed by atoms with Crippen molar-refractivity contribution in [1.82, 2.24) is 19.3 Å². The van der Waals surface area contributed by atoms with Crippen LogP contribution < -0.4 is 9.62 Å². The number of rotatable bonds is 12. The maximum absolute atomic E-state index is 12.8. The molecule has 1 saturated carbocycles. The summed E-state index contributed by atoms with van der Waals surface area (Å²) < 4.78 is 34.3. The highest BCUT2D eigenvalue weighted by Crippen LogP contribution is 2.32. The van der Waals surface area contributed by atoms with Gasteiger partial charge in [-0.3, -0.25) is 9.36 Å². The van der Waals surface area contributed by atoms with E-state index in [1.165, 1.54) is 11.9 Å². The van der Waals surface area contributed by atoms with Gasteiger partial charge in [0.15, 0.2) is 6.73 Å². The Morgan fingerprint density at radius 3 is 2.53 bits per heavy atom. The lowest BCUT2D eigenvalue weighted by molar-refractivity contribution is -0.148. The van der Waals surface area contributed by atoms with Crippen LogP contribution >= 0.6 is 0 Å². The van der Waals surface area contributed by atoms with Gasteiger partial charge in [-0.2, -0.15) is 0 Å². The Balaban J connectivity index is 1.36. The van der Waals surface area contributed by atoms with Crippen molar-refractivity contribution in [3.63, 3.8) is 0 Å². The zero-order valence-corrected chi connectivity index (χ0v) is 23.7. The van der Waals surface area contributed by atoms with E-state index < -0.39 is 10.0 Å². The molecular weight excluding hydrogens is 502 g/mol. The summed E-state index contributed by atoms with van der Waals surface area (Å²) in [6.45, 7) is 8.15. The Morgan fingerprint density at radius 1 is 1.16 bits per heavy atom. The highest BCUT2D eigenvalue weighted by Gasteiger charge is 2.35. The van der Waals surface area contributed by atoms with Gasteiger partial charge in [-0.15, -0.1) is 0 Å². The molecule has 1 aliphatic rings. The monoisotopic (exact) mass is 541 g/mol. The molecule has 9 nitrogen and oxygen atoms in total. The van der Waals surface area contributed by atoms with Crippen LogP contribution in [-0.4, -0.2) is 53.8 Å². The molecule has 1 N–H and O–H groups in total. The lowest BCUT2D eigenvalue weighted by Gasteiger charge is -2.41. The van der Waals surface area contributed by atoms with E-state index in [0.29, 0.717) is 18.0 Å². The van der Waals surface area contributed by atoms with Crippen molar-refractivity contribution < 1.29 is 17.9 Å². The first-order chi connectivity index (χ1) is 18.1. The summed E-state index contributed by atoms with van der Waals surface area (Å²) in [6, 6.07) is 10.2. The molecule has 0 saturated heterocycles. The summed E-state index contributed by atoms with van der Waals surface area (Å²) in [7, 11) is -1.25. The quantitative estimate of drug-likeness (QED) is 0.342. The summed E-state index contributed by atoms with van der Waals surface area (Å²) in [5, 5.41) is 0.856. The standard InChI is InChI=1S/C28H39N5O4S/c1-6-13-38(35,36)31-23-15-24(16-23)32(5)26-25-11-12-33(27(25)30-17-29-26)18-37-28(34)20(4)22-9-7-21(8-10-22)14-19(2)3/h7-12,17,19-20,23-24,31H,6,13-16,18H2,1-5H3/t20-,23?,24?/m0/s1. The molecular formula is C28H39N5O4S. The third-order valence-electron chi connectivity index (χ3n) is 7.17. The van der Waals surface area contributed by atoms with E-state index in [-0.39, 0.29) is 36.5 Å². The smallest absolute Gasteiger partial charge is 0.314 e. The number of ether oxygens (including phenoxy) is 1. The number of carbonyl (C=O) groups excluding carboxylic acids is 1. The van der Waals surface area contributed by atoms with E-state index in [1.54, 1.807) is 4.57 Å². The molecule has 10 heteroatoms. The molecule has 0 spiro atoms. The molecule has 2 heterocycles. The molecule has 1 aliphatic carbocycles. The number of carbonyl (C=O) groups is 1. The van der Waals surface area contributed by atoms with E-state index in [2.05, 4.69) is 45.6 Å². The summed E-state index contributed by atoms with van der Waals surface area (Å²) in [4.78, 5) is 23.8. The minimum atomic E-state index is -3.22. The number of benzene rings is 1. The first kappa shape index (κ1) is 28.0. The number of aromatic nitrogens is 3. The van der Waals surface area contributed by atoms with Gasteiger partial charge < -0.3 is 9.64 Å². The molecule has 0 radical (unpaired) electrons. The molecule has 38 heavy (non-hydrogen) atoms. The lowest BCUT2D eigenvalue weighted by atomic mass is 9.86. The van der Waals surface area contributed by atoms with Crippen molar-refractivity contribution in [3.05, 3.63) is 54.0 Å². The lowest BCUT2D eigenvalue weighted by Crippen LogP contribution is -2.53. The van der Waals surface area contributed by atoms with E-state index >= 15 is 0 Å². The Kier molecular flexibility index (Phi) is 8.72. The maximum Gasteiger partial charge on any atom is 0.314 e. The van der Waals surface area contributed by atoms with Crippen LogP contribution in [-0.2, 0) is 32.7 Å². The van der Waals surface area contributed by atoms with Crippen LogP contribution in [0.3, 0.4) is 0 Å². The average Bonchev–Trinajstić information content (AvgIpc) is 3.27. The molecule has 3 aromatic rings. The number of nitrogens with one attached hydrogen (secondary N) is 1. The van der Waals surface area contributed by atoms with Crippen molar-refractivity contribution in [2.75, 3.05) is 17.7 Å². The van der Waals surface area contributed by atoms with Crippen LogP contribution in [0.25, 0.3) is 11.0 Å². The molecule has 206 valence electrons. The molecule has 1 atom stereocenters.